The van der Waals surface area contributed by atoms with Crippen molar-refractivity contribution in [2.45, 2.75) is 26.2 Å². The molecule has 1 atom stereocenters. The fraction of sp³-hybridized carbons (Fsp3) is 0.409. The molecule has 2 aromatic rings. The van der Waals surface area contributed by atoms with Crippen LogP contribution in [-0.2, 0) is 0 Å². The topological polar surface area (TPSA) is 49.8 Å². The van der Waals surface area contributed by atoms with E-state index in [9.17, 15) is 9.90 Å². The molecule has 0 bridgehead atoms. The third kappa shape index (κ3) is 4.12. The third-order valence-corrected chi connectivity index (χ3v) is 5.87. The van der Waals surface area contributed by atoms with Crippen LogP contribution in [0.2, 0.25) is 5.02 Å². The number of hydrogen-bond acceptors (Lipinski definition) is 3. The molecule has 2 aromatic carbocycles. The van der Waals surface area contributed by atoms with Crippen molar-refractivity contribution in [2.75, 3.05) is 26.8 Å². The number of nitrogens with zero attached hydrogens (tertiary/aromatic N) is 1. The van der Waals surface area contributed by atoms with Crippen molar-refractivity contribution in [1.82, 2.24) is 4.90 Å². The van der Waals surface area contributed by atoms with Gasteiger partial charge in [0.05, 0.1) is 13.7 Å². The van der Waals surface area contributed by atoms with E-state index in [1.165, 1.54) is 0 Å². The highest BCUT2D eigenvalue weighted by Gasteiger charge is 2.35. The Hall–Kier alpha value is -2.04. The molecule has 5 heteroatoms. The number of carbonyl (C=O) groups excluding carboxylic acids is 1. The fourth-order valence-corrected chi connectivity index (χ4v) is 3.96. The summed E-state index contributed by atoms with van der Waals surface area (Å²) < 4.78 is 5.42. The number of amides is 1. The van der Waals surface area contributed by atoms with Crippen LogP contribution < -0.4 is 4.74 Å². The third-order valence-electron chi connectivity index (χ3n) is 5.64. The summed E-state index contributed by atoms with van der Waals surface area (Å²) in [7, 11) is 1.63. The van der Waals surface area contributed by atoms with Gasteiger partial charge in [0.2, 0.25) is 0 Å². The molecule has 0 radical (unpaired) electrons. The van der Waals surface area contributed by atoms with E-state index in [0.717, 1.165) is 42.7 Å². The first-order valence-corrected chi connectivity index (χ1v) is 9.74. The number of aliphatic hydroxyl groups is 1. The van der Waals surface area contributed by atoms with Crippen LogP contribution in [0, 0.1) is 5.41 Å². The van der Waals surface area contributed by atoms with Crippen LogP contribution in [0.4, 0.5) is 0 Å². The molecule has 1 saturated heterocycles. The number of hydrogen-bond donors (Lipinski definition) is 1. The van der Waals surface area contributed by atoms with Gasteiger partial charge in [-0.05, 0) is 55.2 Å². The van der Waals surface area contributed by atoms with Crippen LogP contribution in [0.1, 0.15) is 36.5 Å². The average Bonchev–Trinajstić information content (AvgIpc) is 2.73. The van der Waals surface area contributed by atoms with Crippen molar-refractivity contribution in [2.24, 2.45) is 5.41 Å². The lowest BCUT2D eigenvalue weighted by molar-refractivity contribution is 0.0252. The Bertz CT molecular complexity index is 800. The molecule has 0 aromatic heterocycles. The zero-order chi connectivity index (χ0) is 19.4. The second kappa shape index (κ2) is 8.32. The molecular weight excluding hydrogens is 362 g/mol. The van der Waals surface area contributed by atoms with Crippen molar-refractivity contribution in [1.29, 1.82) is 0 Å². The Morgan fingerprint density at radius 1 is 1.26 bits per heavy atom. The number of rotatable bonds is 5. The van der Waals surface area contributed by atoms with Crippen molar-refractivity contribution in [3.8, 4) is 16.9 Å². The standard InChI is InChI=1S/C22H26ClNO3/c1-3-22(15-25)11-4-12-24(14-22)21(26)17-7-5-16(6-8-17)19-13-18(23)9-10-20(19)27-2/h5-10,13,25H,3-4,11-12,14-15H2,1-2H3. The maximum Gasteiger partial charge on any atom is 0.253 e. The Labute approximate surface area is 165 Å². The first-order valence-electron chi connectivity index (χ1n) is 9.36. The minimum absolute atomic E-state index is 0.0191. The van der Waals surface area contributed by atoms with Gasteiger partial charge in [-0.3, -0.25) is 4.79 Å². The lowest BCUT2D eigenvalue weighted by Crippen LogP contribution is -2.47. The van der Waals surface area contributed by atoms with Crippen LogP contribution in [0.15, 0.2) is 42.5 Å². The monoisotopic (exact) mass is 387 g/mol. The fourth-order valence-electron chi connectivity index (χ4n) is 3.79. The van der Waals surface area contributed by atoms with Crippen molar-refractivity contribution >= 4 is 17.5 Å². The summed E-state index contributed by atoms with van der Waals surface area (Å²) in [5.74, 6) is 0.760. The van der Waals surface area contributed by atoms with E-state index in [2.05, 4.69) is 6.92 Å². The van der Waals surface area contributed by atoms with Gasteiger partial charge in [-0.25, -0.2) is 0 Å². The van der Waals surface area contributed by atoms with Crippen molar-refractivity contribution in [3.05, 3.63) is 53.1 Å². The number of methoxy groups -OCH3 is 1. The molecule has 0 aliphatic carbocycles. The highest BCUT2D eigenvalue weighted by molar-refractivity contribution is 6.31. The second-order valence-electron chi connectivity index (χ2n) is 7.26. The van der Waals surface area contributed by atoms with E-state index in [-0.39, 0.29) is 17.9 Å². The van der Waals surface area contributed by atoms with Gasteiger partial charge in [0.25, 0.3) is 5.91 Å². The number of benzene rings is 2. The van der Waals surface area contributed by atoms with Gasteiger partial charge in [-0.2, -0.15) is 0 Å². The molecule has 1 unspecified atom stereocenters. The van der Waals surface area contributed by atoms with Crippen molar-refractivity contribution < 1.29 is 14.6 Å². The summed E-state index contributed by atoms with van der Waals surface area (Å²) in [6.07, 6.45) is 2.77. The lowest BCUT2D eigenvalue weighted by Gasteiger charge is -2.41. The number of halogens is 1. The molecule has 1 aliphatic rings. The van der Waals surface area contributed by atoms with E-state index >= 15 is 0 Å². The van der Waals surface area contributed by atoms with Gasteiger partial charge in [0.15, 0.2) is 0 Å². The van der Waals surface area contributed by atoms with Crippen LogP contribution in [0.25, 0.3) is 11.1 Å². The summed E-state index contributed by atoms with van der Waals surface area (Å²) in [6.45, 7) is 3.56. The first-order chi connectivity index (χ1) is 13.0. The molecule has 1 aliphatic heterocycles. The molecule has 1 heterocycles. The second-order valence-corrected chi connectivity index (χ2v) is 7.70. The molecule has 144 valence electrons. The number of carbonyl (C=O) groups is 1. The van der Waals surface area contributed by atoms with Crippen LogP contribution in [0.5, 0.6) is 5.75 Å². The minimum Gasteiger partial charge on any atom is -0.496 e. The number of likely N-dealkylation sites (tertiary alicyclic amines) is 1. The number of piperidine rings is 1. The minimum atomic E-state index is -0.165. The summed E-state index contributed by atoms with van der Waals surface area (Å²) >= 11 is 6.12. The highest BCUT2D eigenvalue weighted by atomic mass is 35.5. The zero-order valence-corrected chi connectivity index (χ0v) is 16.6. The Morgan fingerprint density at radius 2 is 2.00 bits per heavy atom. The number of aliphatic hydroxyl groups excluding tert-OH is 1. The summed E-state index contributed by atoms with van der Waals surface area (Å²) in [4.78, 5) is 14.8. The quantitative estimate of drug-likeness (QED) is 0.813. The van der Waals surface area contributed by atoms with Gasteiger partial charge in [-0.15, -0.1) is 0 Å². The largest absolute Gasteiger partial charge is 0.496 e. The van der Waals surface area contributed by atoms with Crippen molar-refractivity contribution in [3.63, 3.8) is 0 Å². The molecule has 0 saturated carbocycles. The normalized spacial score (nSPS) is 19.8. The zero-order valence-electron chi connectivity index (χ0n) is 15.9. The number of ether oxygens (including phenoxy) is 1. The predicted octanol–water partition coefficient (Wildman–Crippen LogP) is 4.64. The first kappa shape index (κ1) is 19.7. The summed E-state index contributed by atoms with van der Waals surface area (Å²) in [6, 6.07) is 13.0. The molecule has 1 N–H and O–H groups in total. The Kier molecular flexibility index (Phi) is 6.08. The van der Waals surface area contributed by atoms with E-state index in [1.54, 1.807) is 13.2 Å². The van der Waals surface area contributed by atoms with Gasteiger partial charge in [0, 0.05) is 34.7 Å². The van der Waals surface area contributed by atoms with Gasteiger partial charge in [-0.1, -0.05) is 30.7 Å². The molecular formula is C22H26ClNO3. The summed E-state index contributed by atoms with van der Waals surface area (Å²) in [5.41, 5.74) is 2.33. The molecule has 1 amide bonds. The van der Waals surface area contributed by atoms with Gasteiger partial charge < -0.3 is 14.7 Å². The molecule has 3 rings (SSSR count). The molecule has 27 heavy (non-hydrogen) atoms. The van der Waals surface area contributed by atoms with E-state index < -0.39 is 0 Å². The maximum atomic E-state index is 12.9. The SMILES string of the molecule is CCC1(CO)CCCN(C(=O)c2ccc(-c3cc(Cl)ccc3OC)cc2)C1. The molecule has 1 fully saturated rings. The average molecular weight is 388 g/mol. The van der Waals surface area contributed by atoms with Gasteiger partial charge in [0.1, 0.15) is 5.75 Å². The molecule has 0 spiro atoms. The Morgan fingerprint density at radius 3 is 2.63 bits per heavy atom. The summed E-state index contributed by atoms with van der Waals surface area (Å²) in [5, 5.41) is 10.4. The highest BCUT2D eigenvalue weighted by Crippen LogP contribution is 2.35. The Balaban J connectivity index is 1.81. The van der Waals surface area contributed by atoms with Crippen LogP contribution in [-0.4, -0.2) is 42.7 Å². The van der Waals surface area contributed by atoms with E-state index in [4.69, 9.17) is 16.3 Å². The maximum absolute atomic E-state index is 12.9. The van der Waals surface area contributed by atoms with Crippen LogP contribution in [0.3, 0.4) is 0 Å². The van der Waals surface area contributed by atoms with Crippen LogP contribution >= 0.6 is 11.6 Å². The van der Waals surface area contributed by atoms with Gasteiger partial charge >= 0.3 is 0 Å². The molecule has 4 nitrogen and oxygen atoms in total. The smallest absolute Gasteiger partial charge is 0.253 e. The predicted molar refractivity (Wildman–Crippen MR) is 108 cm³/mol. The van der Waals surface area contributed by atoms with E-state index in [0.29, 0.717) is 17.1 Å². The lowest BCUT2D eigenvalue weighted by atomic mass is 9.78. The van der Waals surface area contributed by atoms with E-state index in [1.807, 2.05) is 41.3 Å².